The molecule has 2 aromatic rings. The molecule has 0 fully saturated rings. The normalized spacial score (nSPS) is 10.4. The molecule has 0 aliphatic heterocycles. The van der Waals surface area contributed by atoms with Crippen molar-refractivity contribution in [2.24, 2.45) is 0 Å². The maximum atomic E-state index is 12.0. The fraction of sp³-hybridized carbons (Fsp3) is 0.294. The highest BCUT2D eigenvalue weighted by molar-refractivity contribution is 7.12. The summed E-state index contributed by atoms with van der Waals surface area (Å²) in [5, 5.41) is 4.63. The SMILES string of the molecule is Cc1cc(C)c(NC(=O)COC(=O)c2sccc2C)c(C)c1. The molecule has 2 rings (SSSR count). The molecule has 1 amide bonds. The van der Waals surface area contributed by atoms with Crippen LogP contribution in [-0.2, 0) is 9.53 Å². The van der Waals surface area contributed by atoms with E-state index in [1.807, 2.05) is 51.3 Å². The number of carbonyl (C=O) groups excluding carboxylic acids is 2. The van der Waals surface area contributed by atoms with Crippen LogP contribution in [0, 0.1) is 27.7 Å². The molecule has 0 saturated heterocycles. The standard InChI is InChI=1S/C17H19NO3S/c1-10-7-12(3)15(13(4)8-10)18-14(19)9-21-17(20)16-11(2)5-6-22-16/h5-8H,9H2,1-4H3,(H,18,19). The molecule has 0 unspecified atom stereocenters. The summed E-state index contributed by atoms with van der Waals surface area (Å²) in [6.45, 7) is 7.44. The van der Waals surface area contributed by atoms with Crippen LogP contribution in [0.1, 0.15) is 31.9 Å². The van der Waals surface area contributed by atoms with E-state index in [1.165, 1.54) is 11.3 Å². The molecule has 0 atom stereocenters. The third kappa shape index (κ3) is 3.74. The predicted octanol–water partition coefficient (Wildman–Crippen LogP) is 3.78. The number of rotatable bonds is 4. The molecular weight excluding hydrogens is 298 g/mol. The largest absolute Gasteiger partial charge is 0.451 e. The maximum Gasteiger partial charge on any atom is 0.349 e. The van der Waals surface area contributed by atoms with Crippen LogP contribution in [0.25, 0.3) is 0 Å². The molecule has 0 spiro atoms. The number of anilines is 1. The number of hydrogen-bond acceptors (Lipinski definition) is 4. The van der Waals surface area contributed by atoms with E-state index in [1.54, 1.807) is 0 Å². The number of ether oxygens (including phenoxy) is 1. The van der Waals surface area contributed by atoms with Gasteiger partial charge in [0.15, 0.2) is 6.61 Å². The first-order valence-corrected chi connectivity index (χ1v) is 7.85. The average Bonchev–Trinajstić information content (AvgIpc) is 2.86. The lowest BCUT2D eigenvalue weighted by molar-refractivity contribution is -0.119. The van der Waals surface area contributed by atoms with Crippen molar-refractivity contribution < 1.29 is 14.3 Å². The first-order chi connectivity index (χ1) is 10.4. The number of nitrogens with one attached hydrogen (secondary N) is 1. The van der Waals surface area contributed by atoms with Crippen molar-refractivity contribution in [2.75, 3.05) is 11.9 Å². The molecule has 0 saturated carbocycles. The predicted molar refractivity (Wildman–Crippen MR) is 88.6 cm³/mol. The highest BCUT2D eigenvalue weighted by Crippen LogP contribution is 2.22. The third-order valence-corrected chi connectivity index (χ3v) is 4.32. The molecule has 0 bridgehead atoms. The van der Waals surface area contributed by atoms with Crippen molar-refractivity contribution in [1.82, 2.24) is 0 Å². The van der Waals surface area contributed by atoms with Crippen molar-refractivity contribution in [2.45, 2.75) is 27.7 Å². The Hall–Kier alpha value is -2.14. The van der Waals surface area contributed by atoms with Crippen LogP contribution in [0.4, 0.5) is 5.69 Å². The number of aryl methyl sites for hydroxylation is 4. The Morgan fingerprint density at radius 1 is 1.09 bits per heavy atom. The monoisotopic (exact) mass is 317 g/mol. The quantitative estimate of drug-likeness (QED) is 0.873. The van der Waals surface area contributed by atoms with E-state index >= 15 is 0 Å². The molecule has 1 N–H and O–H groups in total. The minimum absolute atomic E-state index is 0.289. The zero-order chi connectivity index (χ0) is 16.3. The topological polar surface area (TPSA) is 55.4 Å². The molecule has 0 aliphatic rings. The van der Waals surface area contributed by atoms with Gasteiger partial charge in [0.1, 0.15) is 4.88 Å². The average molecular weight is 317 g/mol. The first kappa shape index (κ1) is 16.2. The van der Waals surface area contributed by atoms with E-state index in [2.05, 4.69) is 5.32 Å². The Bertz CT molecular complexity index is 695. The smallest absolute Gasteiger partial charge is 0.349 e. The Morgan fingerprint density at radius 2 is 1.73 bits per heavy atom. The zero-order valence-corrected chi connectivity index (χ0v) is 14.0. The number of esters is 1. The van der Waals surface area contributed by atoms with Crippen LogP contribution in [0.5, 0.6) is 0 Å². The summed E-state index contributed by atoms with van der Waals surface area (Å²) in [6, 6.07) is 5.85. The van der Waals surface area contributed by atoms with Gasteiger partial charge in [0.05, 0.1) is 0 Å². The minimum Gasteiger partial charge on any atom is -0.451 e. The van der Waals surface area contributed by atoms with Gasteiger partial charge < -0.3 is 10.1 Å². The summed E-state index contributed by atoms with van der Waals surface area (Å²) in [7, 11) is 0. The molecule has 0 radical (unpaired) electrons. The van der Waals surface area contributed by atoms with Gasteiger partial charge in [0.25, 0.3) is 5.91 Å². The van der Waals surface area contributed by atoms with Crippen molar-refractivity contribution in [3.8, 4) is 0 Å². The summed E-state index contributed by atoms with van der Waals surface area (Å²) in [4.78, 5) is 24.4. The Kier molecular flexibility index (Phi) is 4.98. The lowest BCUT2D eigenvalue weighted by atomic mass is 10.1. The van der Waals surface area contributed by atoms with E-state index in [0.29, 0.717) is 4.88 Å². The van der Waals surface area contributed by atoms with Gasteiger partial charge >= 0.3 is 5.97 Å². The van der Waals surface area contributed by atoms with Crippen LogP contribution in [0.15, 0.2) is 23.6 Å². The summed E-state index contributed by atoms with van der Waals surface area (Å²) in [6.07, 6.45) is 0. The number of thiophene rings is 1. The van der Waals surface area contributed by atoms with Gasteiger partial charge in [-0.3, -0.25) is 4.79 Å². The van der Waals surface area contributed by atoms with Gasteiger partial charge in [0.2, 0.25) is 0 Å². The molecule has 0 aliphatic carbocycles. The van der Waals surface area contributed by atoms with Crippen LogP contribution in [0.2, 0.25) is 0 Å². The number of carbonyl (C=O) groups is 2. The van der Waals surface area contributed by atoms with Gasteiger partial charge in [-0.05, 0) is 55.8 Å². The molecular formula is C17H19NO3S. The summed E-state index contributed by atoms with van der Waals surface area (Å²) < 4.78 is 5.06. The summed E-state index contributed by atoms with van der Waals surface area (Å²) in [5.41, 5.74) is 4.77. The first-order valence-electron chi connectivity index (χ1n) is 6.97. The molecule has 1 aromatic heterocycles. The van der Waals surface area contributed by atoms with Crippen molar-refractivity contribution in [3.63, 3.8) is 0 Å². The fourth-order valence-corrected chi connectivity index (χ4v) is 3.15. The van der Waals surface area contributed by atoms with Gasteiger partial charge in [0, 0.05) is 5.69 Å². The van der Waals surface area contributed by atoms with E-state index in [9.17, 15) is 9.59 Å². The van der Waals surface area contributed by atoms with Crippen molar-refractivity contribution in [3.05, 3.63) is 50.7 Å². The van der Waals surface area contributed by atoms with Crippen LogP contribution in [0.3, 0.4) is 0 Å². The Labute approximate surface area is 134 Å². The van der Waals surface area contributed by atoms with Gasteiger partial charge in [-0.15, -0.1) is 11.3 Å². The molecule has 1 heterocycles. The van der Waals surface area contributed by atoms with E-state index < -0.39 is 5.97 Å². The minimum atomic E-state index is -0.458. The maximum absolute atomic E-state index is 12.0. The fourth-order valence-electron chi connectivity index (χ4n) is 2.33. The van der Waals surface area contributed by atoms with Crippen LogP contribution in [-0.4, -0.2) is 18.5 Å². The van der Waals surface area contributed by atoms with Crippen LogP contribution < -0.4 is 5.32 Å². The van der Waals surface area contributed by atoms with Crippen LogP contribution >= 0.6 is 11.3 Å². The molecule has 22 heavy (non-hydrogen) atoms. The highest BCUT2D eigenvalue weighted by atomic mass is 32.1. The Morgan fingerprint density at radius 3 is 2.27 bits per heavy atom. The number of hydrogen-bond donors (Lipinski definition) is 1. The molecule has 4 nitrogen and oxygen atoms in total. The second kappa shape index (κ2) is 6.75. The van der Waals surface area contributed by atoms with E-state index in [-0.39, 0.29) is 12.5 Å². The molecule has 5 heteroatoms. The van der Waals surface area contributed by atoms with E-state index in [0.717, 1.165) is 27.9 Å². The lowest BCUT2D eigenvalue weighted by Gasteiger charge is -2.13. The lowest BCUT2D eigenvalue weighted by Crippen LogP contribution is -2.21. The highest BCUT2D eigenvalue weighted by Gasteiger charge is 2.15. The summed E-state index contributed by atoms with van der Waals surface area (Å²) in [5.74, 6) is -0.794. The zero-order valence-electron chi connectivity index (χ0n) is 13.1. The second-order valence-corrected chi connectivity index (χ2v) is 6.25. The van der Waals surface area contributed by atoms with Gasteiger partial charge in [-0.1, -0.05) is 17.7 Å². The van der Waals surface area contributed by atoms with Crippen molar-refractivity contribution in [1.29, 1.82) is 0 Å². The second-order valence-electron chi connectivity index (χ2n) is 5.33. The Balaban J connectivity index is 1.97. The molecule has 116 valence electrons. The van der Waals surface area contributed by atoms with Crippen molar-refractivity contribution >= 4 is 28.9 Å². The van der Waals surface area contributed by atoms with E-state index in [4.69, 9.17) is 4.74 Å². The third-order valence-electron chi connectivity index (χ3n) is 3.32. The molecule has 1 aromatic carbocycles. The van der Waals surface area contributed by atoms with Gasteiger partial charge in [-0.2, -0.15) is 0 Å². The number of benzene rings is 1. The number of amides is 1. The van der Waals surface area contributed by atoms with Gasteiger partial charge in [-0.25, -0.2) is 4.79 Å². The summed E-state index contributed by atoms with van der Waals surface area (Å²) >= 11 is 1.31.